The summed E-state index contributed by atoms with van der Waals surface area (Å²) in [5.74, 6) is -0.997. The summed E-state index contributed by atoms with van der Waals surface area (Å²) in [7, 11) is 1.66. The van der Waals surface area contributed by atoms with Crippen molar-refractivity contribution in [3.63, 3.8) is 0 Å². The number of carbonyl (C=O) groups excluding carboxylic acids is 2. The Balaban J connectivity index is 1.50. The Hall–Kier alpha value is -3.59. The van der Waals surface area contributed by atoms with Crippen LogP contribution >= 0.6 is 0 Å². The number of urea groups is 1. The molecule has 0 radical (unpaired) electrons. The number of hydrogen-bond acceptors (Lipinski definition) is 5. The van der Waals surface area contributed by atoms with E-state index in [9.17, 15) is 22.8 Å². The molecule has 4 rings (SSSR count). The number of nitriles is 1. The van der Waals surface area contributed by atoms with Gasteiger partial charge in [0.1, 0.15) is 17.6 Å². The summed E-state index contributed by atoms with van der Waals surface area (Å²) >= 11 is 0. The quantitative estimate of drug-likeness (QED) is 0.689. The lowest BCUT2D eigenvalue weighted by Gasteiger charge is -2.27. The predicted molar refractivity (Wildman–Crippen MR) is 116 cm³/mol. The largest absolute Gasteiger partial charge is 0.340 e. The molecule has 0 spiro atoms. The molecule has 3 heterocycles. The fourth-order valence-corrected chi connectivity index (χ4v) is 4.34. The number of alkyl halides is 2. The highest BCUT2D eigenvalue weighted by molar-refractivity contribution is 5.95. The normalized spacial score (nSPS) is 17.8. The van der Waals surface area contributed by atoms with Gasteiger partial charge in [0.05, 0.1) is 24.3 Å². The molecule has 2 aliphatic heterocycles. The average molecular weight is 475 g/mol. The lowest BCUT2D eigenvalue weighted by molar-refractivity contribution is 0.0776. The first kappa shape index (κ1) is 23.6. The van der Waals surface area contributed by atoms with Crippen LogP contribution in [0.25, 0.3) is 0 Å². The van der Waals surface area contributed by atoms with Crippen molar-refractivity contribution in [3.05, 3.63) is 46.5 Å². The molecule has 9 nitrogen and oxygen atoms in total. The molecule has 1 atom stereocenters. The van der Waals surface area contributed by atoms with Crippen molar-refractivity contribution in [1.29, 1.82) is 5.26 Å². The van der Waals surface area contributed by atoms with Crippen molar-refractivity contribution in [1.82, 2.24) is 24.9 Å². The number of hydrogen-bond donors (Lipinski definition) is 2. The lowest BCUT2D eigenvalue weighted by Crippen LogP contribution is -2.40. The zero-order valence-corrected chi connectivity index (χ0v) is 18.5. The summed E-state index contributed by atoms with van der Waals surface area (Å²) in [6.45, 7) is 1.23. The van der Waals surface area contributed by atoms with Gasteiger partial charge in [0.25, 0.3) is 12.3 Å². The standard InChI is InChI=1S/C22H24F3N7O2/c1-30-10-13(8-27-9-19(24)25)11-32-20(21(30)33)16-12-31(5-4-18(16)29-32)22(34)28-15-2-3-17(23)14(6-15)7-26/h2-3,6,13,19,27H,4-5,8-12H2,1H3,(H,28,34). The molecule has 0 bridgehead atoms. The fourth-order valence-electron chi connectivity index (χ4n) is 4.34. The van der Waals surface area contributed by atoms with E-state index in [0.29, 0.717) is 43.9 Å². The first-order valence-electron chi connectivity index (χ1n) is 10.8. The summed E-state index contributed by atoms with van der Waals surface area (Å²) in [5.41, 5.74) is 1.91. The van der Waals surface area contributed by atoms with Crippen LogP contribution in [0.3, 0.4) is 0 Å². The van der Waals surface area contributed by atoms with Crippen LogP contribution in [0.5, 0.6) is 0 Å². The van der Waals surface area contributed by atoms with E-state index in [1.54, 1.807) is 22.7 Å². The number of rotatable bonds is 5. The number of aromatic nitrogens is 2. The number of nitrogens with zero attached hydrogens (tertiary/aromatic N) is 5. The van der Waals surface area contributed by atoms with Crippen LogP contribution < -0.4 is 10.6 Å². The first-order chi connectivity index (χ1) is 16.3. The third-order valence-corrected chi connectivity index (χ3v) is 5.97. The third-order valence-electron chi connectivity index (χ3n) is 5.97. The summed E-state index contributed by atoms with van der Waals surface area (Å²) in [5, 5.41) is 19.0. The molecule has 1 aromatic carbocycles. The molecule has 1 unspecified atom stereocenters. The molecule has 180 valence electrons. The molecule has 0 saturated heterocycles. The molecule has 34 heavy (non-hydrogen) atoms. The van der Waals surface area contributed by atoms with Gasteiger partial charge in [-0.2, -0.15) is 10.4 Å². The van der Waals surface area contributed by atoms with Crippen molar-refractivity contribution in [2.75, 3.05) is 38.5 Å². The van der Waals surface area contributed by atoms with E-state index < -0.39 is 24.8 Å². The van der Waals surface area contributed by atoms with Crippen LogP contribution in [0.1, 0.15) is 27.3 Å². The fraction of sp³-hybridized carbons (Fsp3) is 0.455. The monoisotopic (exact) mass is 475 g/mol. The highest BCUT2D eigenvalue weighted by Crippen LogP contribution is 2.27. The zero-order valence-electron chi connectivity index (χ0n) is 18.5. The van der Waals surface area contributed by atoms with Crippen molar-refractivity contribution in [2.45, 2.75) is 25.9 Å². The Kier molecular flexibility index (Phi) is 6.74. The Morgan fingerprint density at radius 3 is 2.88 bits per heavy atom. The molecule has 1 aromatic heterocycles. The van der Waals surface area contributed by atoms with Gasteiger partial charge in [0, 0.05) is 56.8 Å². The summed E-state index contributed by atoms with van der Waals surface area (Å²) < 4.78 is 40.2. The van der Waals surface area contributed by atoms with Crippen molar-refractivity contribution in [3.8, 4) is 6.07 Å². The molecule has 12 heteroatoms. The molecule has 0 aliphatic carbocycles. The van der Waals surface area contributed by atoms with Gasteiger partial charge in [-0.25, -0.2) is 18.0 Å². The van der Waals surface area contributed by atoms with Crippen molar-refractivity contribution in [2.24, 2.45) is 5.92 Å². The topological polar surface area (TPSA) is 106 Å². The van der Waals surface area contributed by atoms with Crippen LogP contribution in [-0.4, -0.2) is 71.2 Å². The number of anilines is 1. The van der Waals surface area contributed by atoms with Gasteiger partial charge in [-0.3, -0.25) is 9.48 Å². The highest BCUT2D eigenvalue weighted by Gasteiger charge is 2.34. The molecule has 3 amide bonds. The minimum Gasteiger partial charge on any atom is -0.340 e. The zero-order chi connectivity index (χ0) is 24.4. The number of halogens is 3. The van der Waals surface area contributed by atoms with Gasteiger partial charge >= 0.3 is 6.03 Å². The molecular weight excluding hydrogens is 451 g/mol. The second kappa shape index (κ2) is 9.72. The number of nitrogens with one attached hydrogen (secondary N) is 2. The van der Waals surface area contributed by atoms with E-state index in [2.05, 4.69) is 15.7 Å². The molecule has 0 fully saturated rings. The Bertz CT molecular complexity index is 1140. The second-order valence-corrected chi connectivity index (χ2v) is 8.47. The van der Waals surface area contributed by atoms with Gasteiger partial charge in [0.2, 0.25) is 0 Å². The van der Waals surface area contributed by atoms with E-state index in [-0.39, 0.29) is 29.6 Å². The van der Waals surface area contributed by atoms with Gasteiger partial charge in [-0.15, -0.1) is 0 Å². The smallest absolute Gasteiger partial charge is 0.322 e. The highest BCUT2D eigenvalue weighted by atomic mass is 19.3. The Labute approximate surface area is 194 Å². The van der Waals surface area contributed by atoms with E-state index in [1.165, 1.54) is 17.0 Å². The Morgan fingerprint density at radius 2 is 2.15 bits per heavy atom. The van der Waals surface area contributed by atoms with Crippen LogP contribution in [0.2, 0.25) is 0 Å². The van der Waals surface area contributed by atoms with Crippen LogP contribution in [0.4, 0.5) is 23.7 Å². The number of carbonyl (C=O) groups is 2. The molecule has 2 aromatic rings. The first-order valence-corrected chi connectivity index (χ1v) is 10.8. The van der Waals surface area contributed by atoms with Gasteiger partial charge in [-0.05, 0) is 18.2 Å². The van der Waals surface area contributed by atoms with Crippen molar-refractivity contribution >= 4 is 17.6 Å². The summed E-state index contributed by atoms with van der Waals surface area (Å²) in [6.07, 6.45) is -2.00. The summed E-state index contributed by atoms with van der Waals surface area (Å²) in [6, 6.07) is 5.04. The lowest BCUT2D eigenvalue weighted by atomic mass is 10.0. The van der Waals surface area contributed by atoms with Crippen LogP contribution in [0, 0.1) is 23.1 Å². The maximum atomic E-state index is 13.6. The third kappa shape index (κ3) is 4.84. The number of benzene rings is 1. The maximum Gasteiger partial charge on any atom is 0.322 e. The average Bonchev–Trinajstić information content (AvgIpc) is 3.10. The predicted octanol–water partition coefficient (Wildman–Crippen LogP) is 2.04. The second-order valence-electron chi connectivity index (χ2n) is 8.47. The van der Waals surface area contributed by atoms with E-state index in [4.69, 9.17) is 5.26 Å². The van der Waals surface area contributed by atoms with Gasteiger partial charge in [-0.1, -0.05) is 0 Å². The van der Waals surface area contributed by atoms with E-state index >= 15 is 0 Å². The molecule has 0 saturated carbocycles. The minimum absolute atomic E-state index is 0.0949. The van der Waals surface area contributed by atoms with Crippen molar-refractivity contribution < 1.29 is 22.8 Å². The van der Waals surface area contributed by atoms with E-state index in [0.717, 1.165) is 11.8 Å². The maximum absolute atomic E-state index is 13.6. The number of fused-ring (bicyclic) bond motifs is 3. The molecule has 2 aliphatic rings. The number of amides is 3. The van der Waals surface area contributed by atoms with Gasteiger partial charge < -0.3 is 20.4 Å². The minimum atomic E-state index is -2.45. The summed E-state index contributed by atoms with van der Waals surface area (Å²) in [4.78, 5) is 29.0. The van der Waals surface area contributed by atoms with Crippen LogP contribution in [0.15, 0.2) is 18.2 Å². The SMILES string of the molecule is CN1CC(CNCC(F)F)Cn2nc3c(c2C1=O)CN(C(=O)Nc1ccc(F)c(C#N)c1)CC3. The molecule has 2 N–H and O–H groups in total. The van der Waals surface area contributed by atoms with E-state index in [1.807, 2.05) is 0 Å². The molecular formula is C22H24F3N7O2. The van der Waals surface area contributed by atoms with Gasteiger partial charge in [0.15, 0.2) is 0 Å². The Morgan fingerprint density at radius 1 is 1.35 bits per heavy atom. The van der Waals surface area contributed by atoms with Crippen LogP contribution in [-0.2, 0) is 19.5 Å².